The molecule has 30 heavy (non-hydrogen) atoms. The van der Waals surface area contributed by atoms with Crippen LogP contribution in [0, 0.1) is 0 Å². The summed E-state index contributed by atoms with van der Waals surface area (Å²) in [4.78, 5) is 25.7. The number of rotatable bonds is 5. The first-order valence-corrected chi connectivity index (χ1v) is 11.1. The first kappa shape index (κ1) is 18.9. The van der Waals surface area contributed by atoms with Crippen molar-refractivity contribution < 1.29 is 14.7 Å². The molecule has 154 valence electrons. The van der Waals surface area contributed by atoms with Gasteiger partial charge in [0.05, 0.1) is 16.3 Å². The quantitative estimate of drug-likeness (QED) is 0.525. The molecule has 2 aliphatic carbocycles. The fourth-order valence-corrected chi connectivity index (χ4v) is 4.19. The summed E-state index contributed by atoms with van der Waals surface area (Å²) in [6.07, 6.45) is 5.22. The number of carbonyl (C=O) groups is 2. The normalized spacial score (nSPS) is 16.1. The lowest BCUT2D eigenvalue weighted by molar-refractivity contribution is 0.103. The van der Waals surface area contributed by atoms with Crippen LogP contribution in [0.25, 0.3) is 11.3 Å². The van der Waals surface area contributed by atoms with E-state index in [9.17, 15) is 14.7 Å². The van der Waals surface area contributed by atoms with Gasteiger partial charge in [-0.25, -0.2) is 4.79 Å². The number of hydrogen-bond acceptors (Lipinski definition) is 5. The number of amides is 2. The van der Waals surface area contributed by atoms with Gasteiger partial charge in [-0.1, -0.05) is 12.5 Å². The van der Waals surface area contributed by atoms with Crippen LogP contribution < -0.4 is 10.6 Å². The molecule has 7 nitrogen and oxygen atoms in total. The fourth-order valence-electron chi connectivity index (χ4n) is 3.57. The number of aromatic nitrogens is 2. The topological polar surface area (TPSA) is 96.2 Å². The Balaban J connectivity index is 1.46. The third kappa shape index (κ3) is 3.70. The average Bonchev–Trinajstić information content (AvgIpc) is 3.17. The Morgan fingerprint density at radius 2 is 1.97 bits per heavy atom. The highest BCUT2D eigenvalue weighted by molar-refractivity contribution is 7.12. The Morgan fingerprint density at radius 1 is 1.13 bits per heavy atom. The molecule has 0 atom stereocenters. The summed E-state index contributed by atoms with van der Waals surface area (Å²) in [5.74, 6) is 0.155. The maximum absolute atomic E-state index is 12.7. The zero-order valence-corrected chi connectivity index (χ0v) is 17.1. The van der Waals surface area contributed by atoms with E-state index in [-0.39, 0.29) is 23.7 Å². The van der Waals surface area contributed by atoms with Gasteiger partial charge in [-0.05, 0) is 61.4 Å². The monoisotopic (exact) mass is 422 g/mol. The highest BCUT2D eigenvalue weighted by Gasteiger charge is 2.30. The van der Waals surface area contributed by atoms with Crippen molar-refractivity contribution in [1.29, 1.82) is 0 Å². The summed E-state index contributed by atoms with van der Waals surface area (Å²) in [5, 5.41) is 22.7. The first-order valence-electron chi connectivity index (χ1n) is 10.2. The maximum atomic E-state index is 12.7. The molecule has 5 rings (SSSR count). The molecule has 2 heterocycles. The lowest BCUT2D eigenvalue weighted by Crippen LogP contribution is -2.33. The zero-order chi connectivity index (χ0) is 20.7. The van der Waals surface area contributed by atoms with Crippen LogP contribution >= 0.6 is 11.3 Å². The number of carbonyl (C=O) groups excluding carboxylic acids is 2. The second-order valence-corrected chi connectivity index (χ2v) is 8.83. The van der Waals surface area contributed by atoms with Crippen LogP contribution in [-0.2, 0) is 0 Å². The third-order valence-corrected chi connectivity index (χ3v) is 6.50. The third-order valence-electron chi connectivity index (χ3n) is 5.63. The Hall–Kier alpha value is -3.13. The number of phenolic OH excluding ortho intramolecular Hbond substituents is 1. The second kappa shape index (κ2) is 7.60. The van der Waals surface area contributed by atoms with E-state index in [1.165, 1.54) is 22.1 Å². The number of phenols is 1. The van der Waals surface area contributed by atoms with Gasteiger partial charge in [-0.2, -0.15) is 9.78 Å². The van der Waals surface area contributed by atoms with E-state index in [0.717, 1.165) is 37.8 Å². The molecule has 2 fully saturated rings. The van der Waals surface area contributed by atoms with Gasteiger partial charge in [0.25, 0.3) is 5.91 Å². The van der Waals surface area contributed by atoms with E-state index >= 15 is 0 Å². The molecule has 2 saturated carbocycles. The SMILES string of the molecule is O=C(Nc1ccc(O)c(-c2cc(C3CCC3)n(C(=O)NC3CC3)n2)c1)c1cccs1. The van der Waals surface area contributed by atoms with Crippen LogP contribution in [0.2, 0.25) is 0 Å². The number of nitrogens with zero attached hydrogens (tertiary/aromatic N) is 2. The van der Waals surface area contributed by atoms with Gasteiger partial charge in [0.2, 0.25) is 0 Å². The zero-order valence-electron chi connectivity index (χ0n) is 16.3. The molecule has 0 spiro atoms. The van der Waals surface area contributed by atoms with Crippen LogP contribution in [0.15, 0.2) is 41.8 Å². The summed E-state index contributed by atoms with van der Waals surface area (Å²) < 4.78 is 1.45. The van der Waals surface area contributed by atoms with Gasteiger partial charge in [-0.15, -0.1) is 11.3 Å². The highest BCUT2D eigenvalue weighted by Crippen LogP contribution is 2.39. The molecule has 2 aliphatic rings. The number of thiophene rings is 1. The van der Waals surface area contributed by atoms with Crippen molar-refractivity contribution >= 4 is 29.0 Å². The molecule has 2 aromatic heterocycles. The molecule has 8 heteroatoms. The number of benzene rings is 1. The van der Waals surface area contributed by atoms with Gasteiger partial charge < -0.3 is 15.7 Å². The van der Waals surface area contributed by atoms with Crippen molar-refractivity contribution in [3.63, 3.8) is 0 Å². The Bertz CT molecular complexity index is 1100. The Labute approximate surface area is 177 Å². The van der Waals surface area contributed by atoms with Gasteiger partial charge in [-0.3, -0.25) is 4.79 Å². The molecule has 0 radical (unpaired) electrons. The molecular weight excluding hydrogens is 400 g/mol. The Morgan fingerprint density at radius 3 is 2.63 bits per heavy atom. The summed E-state index contributed by atoms with van der Waals surface area (Å²) >= 11 is 1.36. The second-order valence-electron chi connectivity index (χ2n) is 7.88. The van der Waals surface area contributed by atoms with Crippen molar-refractivity contribution in [2.24, 2.45) is 0 Å². The average molecular weight is 423 g/mol. The van der Waals surface area contributed by atoms with E-state index in [4.69, 9.17) is 0 Å². The van der Waals surface area contributed by atoms with Crippen molar-refractivity contribution in [3.8, 4) is 17.0 Å². The van der Waals surface area contributed by atoms with E-state index in [0.29, 0.717) is 27.7 Å². The minimum atomic E-state index is -0.215. The molecule has 3 N–H and O–H groups in total. The Kier molecular flexibility index (Phi) is 4.78. The summed E-state index contributed by atoms with van der Waals surface area (Å²) in [6, 6.07) is 10.4. The minimum Gasteiger partial charge on any atom is -0.507 e. The van der Waals surface area contributed by atoms with Crippen LogP contribution in [0.1, 0.15) is 53.4 Å². The van der Waals surface area contributed by atoms with E-state index in [1.807, 2.05) is 17.5 Å². The largest absolute Gasteiger partial charge is 0.507 e. The number of anilines is 1. The smallest absolute Gasteiger partial charge is 0.342 e. The predicted octanol–water partition coefficient (Wildman–Crippen LogP) is 4.56. The molecule has 0 saturated heterocycles. The van der Waals surface area contributed by atoms with Crippen molar-refractivity contribution in [1.82, 2.24) is 15.1 Å². The van der Waals surface area contributed by atoms with E-state index in [2.05, 4.69) is 15.7 Å². The molecule has 0 bridgehead atoms. The summed E-state index contributed by atoms with van der Waals surface area (Å²) in [6.45, 7) is 0. The van der Waals surface area contributed by atoms with Crippen LogP contribution in [-0.4, -0.2) is 32.9 Å². The first-order chi connectivity index (χ1) is 14.6. The number of hydrogen-bond donors (Lipinski definition) is 3. The molecule has 0 unspecified atom stereocenters. The molecule has 0 aliphatic heterocycles. The van der Waals surface area contributed by atoms with Crippen LogP contribution in [0.4, 0.5) is 10.5 Å². The molecular formula is C22H22N4O3S. The summed E-state index contributed by atoms with van der Waals surface area (Å²) in [7, 11) is 0. The van der Waals surface area contributed by atoms with Gasteiger partial charge in [0.1, 0.15) is 5.75 Å². The van der Waals surface area contributed by atoms with E-state index < -0.39 is 0 Å². The molecule has 3 aromatic rings. The molecule has 1 aromatic carbocycles. The lowest BCUT2D eigenvalue weighted by atomic mass is 9.82. The lowest BCUT2D eigenvalue weighted by Gasteiger charge is -2.25. The predicted molar refractivity (Wildman–Crippen MR) is 115 cm³/mol. The minimum absolute atomic E-state index is 0.0523. The summed E-state index contributed by atoms with van der Waals surface area (Å²) in [5.41, 5.74) is 2.44. The van der Waals surface area contributed by atoms with Crippen molar-refractivity contribution in [3.05, 3.63) is 52.3 Å². The van der Waals surface area contributed by atoms with Crippen LogP contribution in [0.5, 0.6) is 5.75 Å². The standard InChI is InChI=1S/C22H22N4O3S/c27-19-9-8-15(23-21(28)20-5-2-10-30-20)11-16(19)17-12-18(13-3-1-4-13)26(25-17)22(29)24-14-6-7-14/h2,5,8-14,27H,1,3-4,6-7H2,(H,23,28)(H,24,29). The van der Waals surface area contributed by atoms with Gasteiger partial charge >= 0.3 is 6.03 Å². The van der Waals surface area contributed by atoms with Crippen LogP contribution in [0.3, 0.4) is 0 Å². The maximum Gasteiger partial charge on any atom is 0.342 e. The fraction of sp³-hybridized carbons (Fsp3) is 0.318. The van der Waals surface area contributed by atoms with E-state index in [1.54, 1.807) is 18.2 Å². The van der Waals surface area contributed by atoms with Crippen molar-refractivity contribution in [2.45, 2.75) is 44.1 Å². The van der Waals surface area contributed by atoms with Gasteiger partial charge in [0.15, 0.2) is 0 Å². The highest BCUT2D eigenvalue weighted by atomic mass is 32.1. The number of nitrogens with one attached hydrogen (secondary N) is 2. The number of aromatic hydroxyl groups is 1. The van der Waals surface area contributed by atoms with Crippen molar-refractivity contribution in [2.75, 3.05) is 5.32 Å². The molecule has 2 amide bonds. The van der Waals surface area contributed by atoms with Gasteiger partial charge in [0, 0.05) is 23.2 Å².